The lowest BCUT2D eigenvalue weighted by molar-refractivity contribution is -0.121. The van der Waals surface area contributed by atoms with Crippen LogP contribution in [0.4, 0.5) is 0 Å². The van der Waals surface area contributed by atoms with Gasteiger partial charge in [0, 0.05) is 12.1 Å². The monoisotopic (exact) mass is 292 g/mol. The van der Waals surface area contributed by atoms with Gasteiger partial charge in [0.05, 0.1) is 0 Å². The smallest absolute Gasteiger partial charge is 0.240 e. The molecule has 2 unspecified atom stereocenters. The van der Waals surface area contributed by atoms with Crippen molar-refractivity contribution >= 4 is 11.6 Å². The number of hydrogen-bond donors (Lipinski definition) is 1. The van der Waals surface area contributed by atoms with Crippen LogP contribution >= 0.6 is 0 Å². The standard InChI is InChI=1S/C18H32N2O/c1-2-3-4-5-6-7-8-9-10-18(21)20-19-17-14-15-11-12-16(17)13-15/h15-16H,2-14H2,1H3,(H,20,21)/b19-17-. The van der Waals surface area contributed by atoms with Crippen LogP contribution in [0.5, 0.6) is 0 Å². The highest BCUT2D eigenvalue weighted by Crippen LogP contribution is 2.42. The van der Waals surface area contributed by atoms with Crippen LogP contribution in [0.2, 0.25) is 0 Å². The predicted molar refractivity (Wildman–Crippen MR) is 88.3 cm³/mol. The molecular formula is C18H32N2O. The molecular weight excluding hydrogens is 260 g/mol. The van der Waals surface area contributed by atoms with Crippen molar-refractivity contribution in [3.05, 3.63) is 0 Å². The van der Waals surface area contributed by atoms with E-state index in [-0.39, 0.29) is 5.91 Å². The van der Waals surface area contributed by atoms with Crippen LogP contribution in [-0.2, 0) is 4.79 Å². The van der Waals surface area contributed by atoms with E-state index in [1.54, 1.807) is 0 Å². The van der Waals surface area contributed by atoms with Crippen molar-refractivity contribution in [2.24, 2.45) is 16.9 Å². The lowest BCUT2D eigenvalue weighted by atomic mass is 9.99. The minimum atomic E-state index is 0.108. The molecule has 0 aromatic heterocycles. The highest BCUT2D eigenvalue weighted by molar-refractivity contribution is 5.90. The number of nitrogens with zero attached hydrogens (tertiary/aromatic N) is 1. The maximum absolute atomic E-state index is 11.8. The summed E-state index contributed by atoms with van der Waals surface area (Å²) in [7, 11) is 0. The zero-order valence-electron chi connectivity index (χ0n) is 13.7. The largest absolute Gasteiger partial charge is 0.273 e. The Morgan fingerprint density at radius 2 is 1.81 bits per heavy atom. The normalized spacial score (nSPS) is 25.7. The molecule has 0 heterocycles. The van der Waals surface area contributed by atoms with Gasteiger partial charge in [0.2, 0.25) is 5.91 Å². The molecule has 2 saturated carbocycles. The molecule has 0 aromatic carbocycles. The molecule has 0 aromatic rings. The van der Waals surface area contributed by atoms with E-state index in [4.69, 9.17) is 0 Å². The van der Waals surface area contributed by atoms with Gasteiger partial charge >= 0.3 is 0 Å². The molecule has 2 bridgehead atoms. The van der Waals surface area contributed by atoms with Crippen molar-refractivity contribution in [2.45, 2.75) is 90.4 Å². The van der Waals surface area contributed by atoms with Gasteiger partial charge in [-0.2, -0.15) is 5.10 Å². The molecule has 0 saturated heterocycles. The lowest BCUT2D eigenvalue weighted by Gasteiger charge is -2.11. The number of amides is 1. The molecule has 2 atom stereocenters. The van der Waals surface area contributed by atoms with Crippen LogP contribution < -0.4 is 5.43 Å². The van der Waals surface area contributed by atoms with Crippen LogP contribution in [0.25, 0.3) is 0 Å². The summed E-state index contributed by atoms with van der Waals surface area (Å²) in [5.41, 5.74) is 4.04. The number of rotatable bonds is 10. The Labute approximate surface area is 130 Å². The number of unbranched alkanes of at least 4 members (excludes halogenated alkanes) is 7. The second-order valence-corrected chi connectivity index (χ2v) is 6.94. The van der Waals surface area contributed by atoms with Crippen LogP contribution in [0.1, 0.15) is 90.4 Å². The Balaban J connectivity index is 1.46. The lowest BCUT2D eigenvalue weighted by Crippen LogP contribution is -2.21. The highest BCUT2D eigenvalue weighted by Gasteiger charge is 2.36. The maximum Gasteiger partial charge on any atom is 0.240 e. The molecule has 0 spiro atoms. The van der Waals surface area contributed by atoms with Gasteiger partial charge in [-0.3, -0.25) is 4.79 Å². The van der Waals surface area contributed by atoms with E-state index in [9.17, 15) is 4.79 Å². The van der Waals surface area contributed by atoms with E-state index in [1.165, 1.54) is 69.9 Å². The third kappa shape index (κ3) is 5.80. The molecule has 3 nitrogen and oxygen atoms in total. The first-order valence-electron chi connectivity index (χ1n) is 9.15. The second-order valence-electron chi connectivity index (χ2n) is 6.94. The van der Waals surface area contributed by atoms with E-state index in [0.29, 0.717) is 12.3 Å². The first-order chi connectivity index (χ1) is 10.3. The summed E-state index contributed by atoms with van der Waals surface area (Å²) in [5.74, 6) is 1.65. The van der Waals surface area contributed by atoms with Gasteiger partial charge in [0.15, 0.2) is 0 Å². The van der Waals surface area contributed by atoms with Gasteiger partial charge in [-0.15, -0.1) is 0 Å². The number of fused-ring (bicyclic) bond motifs is 2. The summed E-state index contributed by atoms with van der Waals surface area (Å²) in [6.45, 7) is 2.25. The van der Waals surface area contributed by atoms with Crippen molar-refractivity contribution in [3.63, 3.8) is 0 Å². The molecule has 2 aliphatic carbocycles. The number of hydrazone groups is 1. The van der Waals surface area contributed by atoms with Gasteiger partial charge in [0.1, 0.15) is 0 Å². The Kier molecular flexibility index (Phi) is 7.25. The molecule has 120 valence electrons. The number of nitrogens with one attached hydrogen (secondary N) is 1. The summed E-state index contributed by atoms with van der Waals surface area (Å²) in [5, 5.41) is 4.37. The predicted octanol–water partition coefficient (Wildman–Crippen LogP) is 4.81. The van der Waals surface area contributed by atoms with Gasteiger partial charge in [-0.1, -0.05) is 51.9 Å². The van der Waals surface area contributed by atoms with E-state index in [0.717, 1.165) is 18.8 Å². The molecule has 1 N–H and O–H groups in total. The van der Waals surface area contributed by atoms with E-state index in [2.05, 4.69) is 17.5 Å². The van der Waals surface area contributed by atoms with Crippen molar-refractivity contribution in [3.8, 4) is 0 Å². The van der Waals surface area contributed by atoms with Crippen LogP contribution in [0.15, 0.2) is 5.10 Å². The van der Waals surface area contributed by atoms with Crippen LogP contribution in [0.3, 0.4) is 0 Å². The quantitative estimate of drug-likeness (QED) is 0.455. The van der Waals surface area contributed by atoms with Gasteiger partial charge < -0.3 is 0 Å². The maximum atomic E-state index is 11.8. The summed E-state index contributed by atoms with van der Waals surface area (Å²) in [6, 6.07) is 0. The second kappa shape index (κ2) is 9.22. The van der Waals surface area contributed by atoms with Crippen molar-refractivity contribution in [2.75, 3.05) is 0 Å². The third-order valence-electron chi connectivity index (χ3n) is 5.09. The Hall–Kier alpha value is -0.860. The van der Waals surface area contributed by atoms with Crippen LogP contribution in [-0.4, -0.2) is 11.6 Å². The number of carbonyl (C=O) groups excluding carboxylic acids is 1. The fourth-order valence-electron chi connectivity index (χ4n) is 3.77. The summed E-state index contributed by atoms with van der Waals surface area (Å²) < 4.78 is 0. The average molecular weight is 292 g/mol. The summed E-state index contributed by atoms with van der Waals surface area (Å²) in [6.07, 6.45) is 15.9. The number of hydrogen-bond acceptors (Lipinski definition) is 2. The first kappa shape index (κ1) is 16.5. The van der Waals surface area contributed by atoms with Crippen molar-refractivity contribution in [1.82, 2.24) is 5.43 Å². The van der Waals surface area contributed by atoms with Gasteiger partial charge in [-0.05, 0) is 43.9 Å². The number of carbonyl (C=O) groups is 1. The molecule has 1 amide bonds. The molecule has 2 fully saturated rings. The Morgan fingerprint density at radius 3 is 2.43 bits per heavy atom. The SMILES string of the molecule is CCCCCCCCCCC(=O)N/N=C1/CC2CCC1C2. The fourth-order valence-corrected chi connectivity index (χ4v) is 3.77. The van der Waals surface area contributed by atoms with E-state index < -0.39 is 0 Å². The Bertz CT molecular complexity index is 351. The first-order valence-corrected chi connectivity index (χ1v) is 9.15. The fraction of sp³-hybridized carbons (Fsp3) is 0.889. The zero-order valence-corrected chi connectivity index (χ0v) is 13.7. The van der Waals surface area contributed by atoms with Crippen molar-refractivity contribution in [1.29, 1.82) is 0 Å². The average Bonchev–Trinajstić information content (AvgIpc) is 3.10. The minimum Gasteiger partial charge on any atom is -0.273 e. The highest BCUT2D eigenvalue weighted by atomic mass is 16.2. The summed E-state index contributed by atoms with van der Waals surface area (Å²) in [4.78, 5) is 11.8. The molecule has 2 rings (SSSR count). The zero-order chi connectivity index (χ0) is 14.9. The summed E-state index contributed by atoms with van der Waals surface area (Å²) >= 11 is 0. The third-order valence-corrected chi connectivity index (χ3v) is 5.09. The molecule has 3 heteroatoms. The van der Waals surface area contributed by atoms with Gasteiger partial charge in [0.25, 0.3) is 0 Å². The van der Waals surface area contributed by atoms with E-state index in [1.807, 2.05) is 0 Å². The minimum absolute atomic E-state index is 0.108. The van der Waals surface area contributed by atoms with E-state index >= 15 is 0 Å². The topological polar surface area (TPSA) is 41.5 Å². The van der Waals surface area contributed by atoms with Gasteiger partial charge in [-0.25, -0.2) is 5.43 Å². The van der Waals surface area contributed by atoms with Crippen LogP contribution in [0, 0.1) is 11.8 Å². The van der Waals surface area contributed by atoms with Crippen molar-refractivity contribution < 1.29 is 4.79 Å². The Morgan fingerprint density at radius 1 is 1.10 bits per heavy atom. The molecule has 0 radical (unpaired) electrons. The molecule has 0 aliphatic heterocycles. The molecule has 21 heavy (non-hydrogen) atoms. The molecule has 2 aliphatic rings.